The van der Waals surface area contributed by atoms with Crippen LogP contribution in [0.15, 0.2) is 42.5 Å². The van der Waals surface area contributed by atoms with Gasteiger partial charge in [0, 0.05) is 20.1 Å². The maximum atomic E-state index is 12.0. The standard InChI is InChI=1S/C14H20BNO4.C14H16F3NO2/c1-13(2)14(3,4)20-15(19-13)9-6-7-11(17)10(8-9)12(18)16-5;15-14(16,17)20-12-6-4-11(5-7-12)10-13(19)18-8-2-1-3-9-18/h6-8,17H,1-5H3,(H,16,18);4-7H,1-3,8-10H2. The number of rotatable bonds is 5. The first-order valence-electron chi connectivity index (χ1n) is 13.1. The molecule has 0 aliphatic carbocycles. The van der Waals surface area contributed by atoms with Crippen molar-refractivity contribution >= 4 is 24.4 Å². The Labute approximate surface area is 232 Å². The lowest BCUT2D eigenvalue weighted by Crippen LogP contribution is -2.41. The lowest BCUT2D eigenvalue weighted by Gasteiger charge is -2.32. The fourth-order valence-electron chi connectivity index (χ4n) is 4.23. The molecule has 40 heavy (non-hydrogen) atoms. The number of carbonyl (C=O) groups is 2. The van der Waals surface area contributed by atoms with Crippen molar-refractivity contribution in [3.05, 3.63) is 53.6 Å². The van der Waals surface area contributed by atoms with Crippen LogP contribution in [0.4, 0.5) is 13.2 Å². The highest BCUT2D eigenvalue weighted by molar-refractivity contribution is 6.62. The van der Waals surface area contributed by atoms with Crippen LogP contribution in [0.1, 0.15) is 62.9 Å². The van der Waals surface area contributed by atoms with E-state index in [2.05, 4.69) is 10.1 Å². The topological polar surface area (TPSA) is 97.3 Å². The van der Waals surface area contributed by atoms with Gasteiger partial charge in [-0.05, 0) is 82.2 Å². The quantitative estimate of drug-likeness (QED) is 0.529. The molecule has 0 unspecified atom stereocenters. The lowest BCUT2D eigenvalue weighted by atomic mass is 9.78. The van der Waals surface area contributed by atoms with Crippen molar-refractivity contribution < 1.29 is 41.9 Å². The van der Waals surface area contributed by atoms with E-state index in [-0.39, 0.29) is 35.3 Å². The first-order valence-corrected chi connectivity index (χ1v) is 13.1. The molecule has 12 heteroatoms. The second-order valence-electron chi connectivity index (χ2n) is 10.8. The summed E-state index contributed by atoms with van der Waals surface area (Å²) < 4.78 is 51.7. The first-order chi connectivity index (χ1) is 18.6. The smallest absolute Gasteiger partial charge is 0.507 e. The summed E-state index contributed by atoms with van der Waals surface area (Å²) in [5, 5.41) is 12.2. The maximum absolute atomic E-state index is 12.0. The molecular formula is C28H36BF3N2O6. The molecule has 218 valence electrons. The molecule has 0 atom stereocenters. The van der Waals surface area contributed by atoms with Gasteiger partial charge in [0.25, 0.3) is 5.91 Å². The fraction of sp³-hybridized carbons (Fsp3) is 0.500. The number of nitrogens with zero attached hydrogens (tertiary/aromatic N) is 1. The van der Waals surface area contributed by atoms with Gasteiger partial charge >= 0.3 is 13.5 Å². The predicted octanol–water partition coefficient (Wildman–Crippen LogP) is 4.19. The molecule has 2 amide bonds. The molecule has 2 fully saturated rings. The number of hydrogen-bond acceptors (Lipinski definition) is 6. The van der Waals surface area contributed by atoms with Crippen molar-refractivity contribution in [2.45, 2.75) is 70.9 Å². The van der Waals surface area contributed by atoms with Gasteiger partial charge < -0.3 is 29.4 Å². The molecule has 2 aliphatic rings. The second kappa shape index (κ2) is 12.5. The first kappa shape index (κ1) is 31.3. The summed E-state index contributed by atoms with van der Waals surface area (Å²) >= 11 is 0. The summed E-state index contributed by atoms with van der Waals surface area (Å²) in [4.78, 5) is 25.5. The Kier molecular flexibility index (Phi) is 9.78. The minimum atomic E-state index is -4.69. The average molecular weight is 564 g/mol. The highest BCUT2D eigenvalue weighted by Gasteiger charge is 2.51. The minimum Gasteiger partial charge on any atom is -0.507 e. The van der Waals surface area contributed by atoms with Gasteiger partial charge in [-0.1, -0.05) is 18.2 Å². The molecular weight excluding hydrogens is 528 g/mol. The summed E-state index contributed by atoms with van der Waals surface area (Å²) in [5.74, 6) is -0.661. The van der Waals surface area contributed by atoms with Crippen LogP contribution in [0.3, 0.4) is 0 Å². The largest absolute Gasteiger partial charge is 0.573 e. The number of likely N-dealkylation sites (tertiary alicyclic amines) is 1. The average Bonchev–Trinajstić information content (AvgIpc) is 3.11. The Hall–Kier alpha value is -3.25. The number of piperidine rings is 1. The zero-order chi connectivity index (χ0) is 29.7. The van der Waals surface area contributed by atoms with E-state index in [1.54, 1.807) is 12.1 Å². The highest BCUT2D eigenvalue weighted by Crippen LogP contribution is 2.36. The molecule has 2 N–H and O–H groups in total. The van der Waals surface area contributed by atoms with E-state index in [9.17, 15) is 27.9 Å². The number of halogens is 3. The molecule has 0 spiro atoms. The molecule has 0 radical (unpaired) electrons. The zero-order valence-electron chi connectivity index (χ0n) is 23.4. The van der Waals surface area contributed by atoms with Gasteiger partial charge in [0.15, 0.2) is 0 Å². The molecule has 2 aromatic rings. The van der Waals surface area contributed by atoms with Crippen LogP contribution in [-0.4, -0.2) is 66.6 Å². The highest BCUT2D eigenvalue weighted by atomic mass is 19.4. The van der Waals surface area contributed by atoms with Gasteiger partial charge in [-0.2, -0.15) is 0 Å². The number of phenolic OH excluding ortho intramolecular Hbond substituents is 1. The van der Waals surface area contributed by atoms with E-state index in [0.717, 1.165) is 32.4 Å². The van der Waals surface area contributed by atoms with Crippen LogP contribution in [0.5, 0.6) is 11.5 Å². The van der Waals surface area contributed by atoms with Crippen molar-refractivity contribution in [2.24, 2.45) is 0 Å². The molecule has 2 heterocycles. The number of hydrogen-bond donors (Lipinski definition) is 2. The molecule has 2 aromatic carbocycles. The summed E-state index contributed by atoms with van der Waals surface area (Å²) in [6.07, 6.45) is -1.29. The number of aromatic hydroxyl groups is 1. The fourth-order valence-corrected chi connectivity index (χ4v) is 4.23. The third-order valence-corrected chi connectivity index (χ3v) is 7.24. The van der Waals surface area contributed by atoms with Crippen LogP contribution < -0.4 is 15.5 Å². The van der Waals surface area contributed by atoms with Gasteiger partial charge in [0.2, 0.25) is 5.91 Å². The van der Waals surface area contributed by atoms with Gasteiger partial charge in [-0.3, -0.25) is 9.59 Å². The monoisotopic (exact) mass is 564 g/mol. The second-order valence-corrected chi connectivity index (χ2v) is 10.8. The van der Waals surface area contributed by atoms with E-state index >= 15 is 0 Å². The normalized spacial score (nSPS) is 18.0. The van der Waals surface area contributed by atoms with Gasteiger partial charge in [0.05, 0.1) is 23.2 Å². The Morgan fingerprint density at radius 1 is 1.00 bits per heavy atom. The van der Waals surface area contributed by atoms with Crippen LogP contribution in [0.25, 0.3) is 0 Å². The Morgan fingerprint density at radius 2 is 1.57 bits per heavy atom. The van der Waals surface area contributed by atoms with Crippen molar-refractivity contribution in [3.63, 3.8) is 0 Å². The maximum Gasteiger partial charge on any atom is 0.573 e. The van der Waals surface area contributed by atoms with Crippen LogP contribution in [0.2, 0.25) is 0 Å². The number of carbonyl (C=O) groups excluding carboxylic acids is 2. The molecule has 2 aliphatic heterocycles. The van der Waals surface area contributed by atoms with E-state index in [1.165, 1.54) is 37.4 Å². The Morgan fingerprint density at radius 3 is 2.10 bits per heavy atom. The van der Waals surface area contributed by atoms with Crippen molar-refractivity contribution in [1.29, 1.82) is 0 Å². The van der Waals surface area contributed by atoms with Crippen LogP contribution >= 0.6 is 0 Å². The number of alkyl halides is 3. The van der Waals surface area contributed by atoms with E-state index in [1.807, 2.05) is 32.6 Å². The Balaban J connectivity index is 0.000000220. The zero-order valence-corrected chi connectivity index (χ0v) is 23.4. The Bertz CT molecular complexity index is 1170. The third kappa shape index (κ3) is 8.14. The van der Waals surface area contributed by atoms with Gasteiger partial charge in [0.1, 0.15) is 11.5 Å². The van der Waals surface area contributed by atoms with Crippen molar-refractivity contribution in [1.82, 2.24) is 10.2 Å². The van der Waals surface area contributed by atoms with E-state index in [0.29, 0.717) is 11.0 Å². The number of nitrogens with one attached hydrogen (secondary N) is 1. The van der Waals surface area contributed by atoms with Crippen molar-refractivity contribution in [3.8, 4) is 11.5 Å². The molecule has 2 saturated heterocycles. The SMILES string of the molecule is CNC(=O)c1cc(B2OC(C)(C)C(C)(C)O2)ccc1O.O=C(Cc1ccc(OC(F)(F)F)cc1)N1CCCCC1. The summed E-state index contributed by atoms with van der Waals surface area (Å²) in [6.45, 7) is 9.41. The molecule has 4 rings (SSSR count). The minimum absolute atomic E-state index is 0.0224. The third-order valence-electron chi connectivity index (χ3n) is 7.24. The molecule has 0 aromatic heterocycles. The lowest BCUT2D eigenvalue weighted by molar-refractivity contribution is -0.274. The summed E-state index contributed by atoms with van der Waals surface area (Å²) in [5.41, 5.74) is 0.723. The van der Waals surface area contributed by atoms with Crippen molar-refractivity contribution in [2.75, 3.05) is 20.1 Å². The number of benzene rings is 2. The van der Waals surface area contributed by atoms with Crippen LogP contribution in [0, 0.1) is 0 Å². The van der Waals surface area contributed by atoms with Gasteiger partial charge in [-0.25, -0.2) is 0 Å². The van der Waals surface area contributed by atoms with E-state index < -0.39 is 24.7 Å². The summed E-state index contributed by atoms with van der Waals surface area (Å²) in [7, 11) is 0.965. The predicted molar refractivity (Wildman–Crippen MR) is 144 cm³/mol. The van der Waals surface area contributed by atoms with Crippen LogP contribution in [-0.2, 0) is 20.5 Å². The molecule has 0 bridgehead atoms. The molecule has 8 nitrogen and oxygen atoms in total. The number of amides is 2. The molecule has 0 saturated carbocycles. The van der Waals surface area contributed by atoms with Gasteiger partial charge in [-0.15, -0.1) is 13.2 Å². The van der Waals surface area contributed by atoms with E-state index in [4.69, 9.17) is 9.31 Å². The number of ether oxygens (including phenoxy) is 1. The number of phenols is 1. The summed E-state index contributed by atoms with van der Waals surface area (Å²) in [6, 6.07) is 10.2.